The summed E-state index contributed by atoms with van der Waals surface area (Å²) in [7, 11) is -4.94. The number of sulfonamides is 1. The van der Waals surface area contributed by atoms with Crippen molar-refractivity contribution in [3.63, 3.8) is 0 Å². The van der Waals surface area contributed by atoms with Crippen LogP contribution in [0.5, 0.6) is 11.5 Å². The van der Waals surface area contributed by atoms with Crippen LogP contribution >= 0.6 is 22.9 Å². The number of aromatic nitrogens is 1. The van der Waals surface area contributed by atoms with Crippen molar-refractivity contribution in [1.29, 1.82) is 0 Å². The van der Waals surface area contributed by atoms with Crippen molar-refractivity contribution in [2.24, 2.45) is 0 Å². The van der Waals surface area contributed by atoms with Gasteiger partial charge in [0.25, 0.3) is 15.9 Å². The molecule has 0 amide bonds. The monoisotopic (exact) mass is 464 g/mol. The molecule has 1 N–H and O–H groups in total. The summed E-state index contributed by atoms with van der Waals surface area (Å²) in [6.07, 6.45) is -3.47. The number of Topliss-reactive ketones (excluding diaryl/α,β-unsaturated/α-hetero) is 1. The molecule has 1 aromatic carbocycles. The first kappa shape index (κ1) is 11.0. The van der Waals surface area contributed by atoms with Crippen LogP contribution in [0.1, 0.15) is 38.8 Å². The number of aryl methyl sites for hydroxylation is 1. The predicted octanol–water partition coefficient (Wildman–Crippen LogP) is 3.96. The summed E-state index contributed by atoms with van der Waals surface area (Å²) in [5.41, 5.74) is -2.22. The molecule has 0 fully saturated rings. The molecule has 4 rings (SSSR count). The molecule has 0 radical (unpaired) electrons. The van der Waals surface area contributed by atoms with E-state index in [0.29, 0.717) is 11.3 Å². The van der Waals surface area contributed by atoms with Gasteiger partial charge in [0.1, 0.15) is 18.4 Å². The smallest absolute Gasteiger partial charge is 0.265 e. The van der Waals surface area contributed by atoms with Gasteiger partial charge in [-0.25, -0.2) is 13.1 Å². The third kappa shape index (κ3) is 3.70. The number of nitrogens with zero attached hydrogens (tertiary/aromatic N) is 1. The number of hydrogen-bond donors (Lipinski definition) is 1. The SMILES string of the molecule is [2H]c1c2c(c([2H])c(C([2H])([2H])C(=O)c3sccc3S(=O)(=O)N([2H])c3onc(C)c3Cl)c1C([2H])([2H])[2H])OC([2H])([2H])O2. The van der Waals surface area contributed by atoms with E-state index in [-0.39, 0.29) is 15.4 Å². The lowest BCUT2D eigenvalue weighted by Gasteiger charge is -2.09. The second-order valence-corrected chi connectivity index (χ2v) is 8.33. The van der Waals surface area contributed by atoms with Crippen LogP contribution in [-0.2, 0) is 16.4 Å². The molecule has 1 aliphatic heterocycles. The van der Waals surface area contributed by atoms with Crippen molar-refractivity contribution < 1.29 is 41.0 Å². The Bertz CT molecular complexity index is 1620. The summed E-state index contributed by atoms with van der Waals surface area (Å²) in [6, 6.07) is -1.22. The maximum absolute atomic E-state index is 13.6. The number of benzene rings is 1. The fourth-order valence-corrected chi connectivity index (χ4v) is 4.60. The molecule has 3 heterocycles. The molecule has 0 unspecified atom stereocenters. The van der Waals surface area contributed by atoms with E-state index < -0.39 is 86.1 Å². The summed E-state index contributed by atoms with van der Waals surface area (Å²) >= 11 is 6.39. The normalized spacial score (nSPS) is 20.6. The third-order valence-electron chi connectivity index (χ3n) is 3.55. The fraction of sp³-hybridized carbons (Fsp3) is 0.222. The first-order chi connectivity index (χ1) is 17.7. The molecule has 29 heavy (non-hydrogen) atoms. The molecule has 11 heteroatoms. The van der Waals surface area contributed by atoms with Crippen molar-refractivity contribution in [3.8, 4) is 11.5 Å². The highest BCUT2D eigenvalue weighted by molar-refractivity contribution is 7.93. The highest BCUT2D eigenvalue weighted by Crippen LogP contribution is 2.36. The van der Waals surface area contributed by atoms with Gasteiger partial charge in [-0.05, 0) is 48.4 Å². The van der Waals surface area contributed by atoms with E-state index in [0.717, 1.165) is 11.4 Å². The quantitative estimate of drug-likeness (QED) is 0.550. The lowest BCUT2D eigenvalue weighted by atomic mass is 10.0. The summed E-state index contributed by atoms with van der Waals surface area (Å²) in [5, 5.41) is 4.26. The van der Waals surface area contributed by atoms with Gasteiger partial charge < -0.3 is 14.0 Å². The minimum absolute atomic E-state index is 0.0654. The molecule has 0 spiro atoms. The van der Waals surface area contributed by atoms with E-state index in [1.54, 1.807) is 0 Å². The molecule has 0 saturated heterocycles. The van der Waals surface area contributed by atoms with Gasteiger partial charge in [0.2, 0.25) is 6.75 Å². The number of ether oxygens (including phenoxy) is 2. The van der Waals surface area contributed by atoms with Crippen LogP contribution in [0.25, 0.3) is 0 Å². The lowest BCUT2D eigenvalue weighted by molar-refractivity contribution is 0.0994. The Balaban J connectivity index is 1.89. The number of fused-ring (bicyclic) bond motifs is 1. The summed E-state index contributed by atoms with van der Waals surface area (Å²) < 4.78 is 121. The predicted molar refractivity (Wildman–Crippen MR) is 107 cm³/mol. The molecule has 152 valence electrons. The van der Waals surface area contributed by atoms with Crippen LogP contribution in [0.3, 0.4) is 0 Å². The summed E-state index contributed by atoms with van der Waals surface area (Å²) in [6.45, 7) is -4.84. The Labute approximate surface area is 189 Å². The Morgan fingerprint density at radius 2 is 2.28 bits per heavy atom. The molecule has 1 aliphatic rings. The summed E-state index contributed by atoms with van der Waals surface area (Å²) in [5.74, 6) is -3.91. The van der Waals surface area contributed by atoms with E-state index in [9.17, 15) is 13.2 Å². The molecule has 0 atom stereocenters. The van der Waals surface area contributed by atoms with E-state index in [1.165, 1.54) is 6.92 Å². The van der Waals surface area contributed by atoms with Gasteiger partial charge in [0.05, 0.1) is 7.62 Å². The molecular weight excluding hydrogens is 440 g/mol. The number of nitrogens with one attached hydrogen (secondary N) is 1. The van der Waals surface area contributed by atoms with Crippen LogP contribution in [0, 0.1) is 13.8 Å². The second kappa shape index (κ2) is 7.36. The maximum atomic E-state index is 13.6. The Kier molecular flexibility index (Phi) is 2.79. The van der Waals surface area contributed by atoms with Crippen LogP contribution in [0.4, 0.5) is 5.88 Å². The van der Waals surface area contributed by atoms with Crippen molar-refractivity contribution in [1.82, 2.24) is 5.16 Å². The van der Waals surface area contributed by atoms with Crippen molar-refractivity contribution in [3.05, 3.63) is 50.3 Å². The molecule has 3 aromatic rings. The van der Waals surface area contributed by atoms with Gasteiger partial charge in [0, 0.05) is 13.2 Å². The minimum atomic E-state index is -4.94. The van der Waals surface area contributed by atoms with Crippen molar-refractivity contribution in [2.75, 3.05) is 11.5 Å². The third-order valence-corrected chi connectivity index (χ3v) is 6.33. The zero-order valence-corrected chi connectivity index (χ0v) is 16.6. The zero-order valence-electron chi connectivity index (χ0n) is 24.2. The van der Waals surface area contributed by atoms with Crippen molar-refractivity contribution in [2.45, 2.75) is 25.0 Å². The number of rotatable bonds is 6. The highest BCUT2D eigenvalue weighted by Gasteiger charge is 2.27. The molecule has 0 bridgehead atoms. The number of carbonyl (C=O) groups is 1. The number of ketones is 1. The van der Waals surface area contributed by atoms with Gasteiger partial charge in [-0.3, -0.25) is 4.79 Å². The van der Waals surface area contributed by atoms with E-state index in [2.05, 4.69) is 5.16 Å². The molecule has 2 aromatic heterocycles. The molecule has 0 saturated carbocycles. The standard InChI is InChI=1S/C18H15ClN2O6S2/c1-9-5-13-14(26-8-25-13)7-11(9)6-12(22)17-15(3-4-28-17)29(23,24)21-18-16(19)10(2)20-27-18/h3-5,7,21H,6,8H2,1-2H3/i1D3,5D,6D2,7D,8D2/hD. The highest BCUT2D eigenvalue weighted by atomic mass is 35.5. The van der Waals surface area contributed by atoms with Gasteiger partial charge >= 0.3 is 0 Å². The average molecular weight is 465 g/mol. The average Bonchev–Trinajstić information content (AvgIpc) is 3.52. The Morgan fingerprint density at radius 3 is 2.97 bits per heavy atom. The Morgan fingerprint density at radius 1 is 1.52 bits per heavy atom. The lowest BCUT2D eigenvalue weighted by Crippen LogP contribution is -2.16. The number of carbonyl (C=O) groups excluding carboxylic acids is 1. The van der Waals surface area contributed by atoms with E-state index >= 15 is 0 Å². The topological polar surface area (TPSA) is 108 Å². The van der Waals surface area contributed by atoms with Crippen LogP contribution in [-0.4, -0.2) is 26.1 Å². The second-order valence-electron chi connectivity index (χ2n) is 5.47. The van der Waals surface area contributed by atoms with E-state index in [1.807, 2.05) is 0 Å². The number of halogens is 1. The number of hydrogen-bond acceptors (Lipinski definition) is 8. The van der Waals surface area contributed by atoms with Crippen molar-refractivity contribution >= 4 is 44.6 Å². The Hall–Kier alpha value is -2.56. The minimum Gasteiger partial charge on any atom is -0.454 e. The van der Waals surface area contributed by atoms with Gasteiger partial charge in [0.15, 0.2) is 18.7 Å². The molecule has 0 aliphatic carbocycles. The van der Waals surface area contributed by atoms with Crippen LogP contribution in [0.2, 0.25) is 6.43 Å². The molecule has 8 nitrogen and oxygen atoms in total. The van der Waals surface area contributed by atoms with Gasteiger partial charge in [-0.15, -0.1) is 11.3 Å². The van der Waals surface area contributed by atoms with Crippen LogP contribution in [0.15, 0.2) is 32.9 Å². The molecular formula is C18H15ClN2O6S2. The van der Waals surface area contributed by atoms with Gasteiger partial charge in [-0.1, -0.05) is 16.8 Å². The number of thiophene rings is 1. The number of anilines is 1. The van der Waals surface area contributed by atoms with Gasteiger partial charge in [-0.2, -0.15) is 0 Å². The summed E-state index contributed by atoms with van der Waals surface area (Å²) in [4.78, 5) is 11.9. The first-order valence-electron chi connectivity index (χ1n) is 12.5. The fourth-order valence-electron chi connectivity index (χ4n) is 2.21. The largest absolute Gasteiger partial charge is 0.454 e. The maximum Gasteiger partial charge on any atom is 0.265 e. The zero-order chi connectivity index (χ0) is 29.5. The van der Waals surface area contributed by atoms with E-state index in [4.69, 9.17) is 39.3 Å². The first-order valence-corrected chi connectivity index (χ1v) is 10.3. The van der Waals surface area contributed by atoms with Crippen LogP contribution < -0.4 is 14.2 Å².